The second-order valence-electron chi connectivity index (χ2n) is 2.52. The lowest BCUT2D eigenvalue weighted by molar-refractivity contribution is -0.0535. The average Bonchev–Trinajstić information content (AvgIpc) is 2.17. The van der Waals surface area contributed by atoms with Crippen molar-refractivity contribution >= 4 is 0 Å². The Morgan fingerprint density at radius 1 is 1.42 bits per heavy atom. The fraction of sp³-hybridized carbons (Fsp3) is 0.571. The van der Waals surface area contributed by atoms with Crippen LogP contribution < -0.4 is 4.74 Å². The molecule has 0 radical (unpaired) electrons. The van der Waals surface area contributed by atoms with E-state index in [0.29, 0.717) is 5.56 Å². The molecule has 1 heterocycles. The quantitative estimate of drug-likeness (QED) is 0.684. The highest BCUT2D eigenvalue weighted by Crippen LogP contribution is 2.20. The van der Waals surface area contributed by atoms with Crippen LogP contribution in [0.25, 0.3) is 0 Å². The molecule has 0 atom stereocenters. The van der Waals surface area contributed by atoms with E-state index in [9.17, 15) is 8.78 Å². The lowest BCUT2D eigenvalue weighted by Gasteiger charge is -1.99. The van der Waals surface area contributed by atoms with Gasteiger partial charge in [-0.2, -0.15) is 8.78 Å². The van der Waals surface area contributed by atoms with Crippen LogP contribution in [-0.4, -0.2) is 16.4 Å². The standard InChI is InChI=1S/C7H10F2N2O/c1-4-5(2)11(3)10-6(4)12-7(8)9/h7H,1-3H3. The van der Waals surface area contributed by atoms with E-state index in [0.717, 1.165) is 5.69 Å². The molecule has 3 nitrogen and oxygen atoms in total. The van der Waals surface area contributed by atoms with Gasteiger partial charge in [-0.15, -0.1) is 5.10 Å². The first-order valence-electron chi connectivity index (χ1n) is 3.47. The zero-order valence-corrected chi connectivity index (χ0v) is 7.14. The third kappa shape index (κ3) is 1.54. The van der Waals surface area contributed by atoms with Crippen molar-refractivity contribution in [1.29, 1.82) is 0 Å². The van der Waals surface area contributed by atoms with E-state index in [-0.39, 0.29) is 5.88 Å². The SMILES string of the molecule is Cc1c(OC(F)F)nn(C)c1C. The van der Waals surface area contributed by atoms with Crippen LogP contribution in [0.1, 0.15) is 11.3 Å². The zero-order valence-electron chi connectivity index (χ0n) is 7.14. The van der Waals surface area contributed by atoms with E-state index in [4.69, 9.17) is 0 Å². The minimum atomic E-state index is -2.81. The number of hydrogen-bond acceptors (Lipinski definition) is 2. The minimum Gasteiger partial charge on any atom is -0.415 e. The molecule has 1 rings (SSSR count). The lowest BCUT2D eigenvalue weighted by Crippen LogP contribution is -2.03. The van der Waals surface area contributed by atoms with Crippen LogP contribution in [0.4, 0.5) is 8.78 Å². The maximum absolute atomic E-state index is 11.8. The van der Waals surface area contributed by atoms with Crippen LogP contribution in [0.5, 0.6) is 5.88 Å². The Hall–Kier alpha value is -1.13. The highest BCUT2D eigenvalue weighted by Gasteiger charge is 2.13. The molecule has 0 aliphatic rings. The molecule has 0 bridgehead atoms. The molecule has 0 saturated carbocycles. The molecule has 0 spiro atoms. The molecule has 1 aromatic heterocycles. The Morgan fingerprint density at radius 2 is 2.00 bits per heavy atom. The number of aryl methyl sites for hydroxylation is 1. The van der Waals surface area contributed by atoms with Gasteiger partial charge in [0.25, 0.3) is 0 Å². The van der Waals surface area contributed by atoms with E-state index >= 15 is 0 Å². The smallest absolute Gasteiger partial charge is 0.388 e. The molecule has 0 fully saturated rings. The van der Waals surface area contributed by atoms with Crippen molar-refractivity contribution < 1.29 is 13.5 Å². The first-order valence-corrected chi connectivity index (χ1v) is 3.47. The topological polar surface area (TPSA) is 27.1 Å². The summed E-state index contributed by atoms with van der Waals surface area (Å²) >= 11 is 0. The van der Waals surface area contributed by atoms with Crippen LogP contribution in [0.3, 0.4) is 0 Å². The molecule has 0 aliphatic carbocycles. The summed E-state index contributed by atoms with van der Waals surface area (Å²) in [5.74, 6) is 0.00463. The molecule has 0 unspecified atom stereocenters. The predicted molar refractivity (Wildman–Crippen MR) is 39.3 cm³/mol. The Labute approximate surface area is 68.9 Å². The molecular formula is C7H10F2N2O. The van der Waals surface area contributed by atoms with E-state index < -0.39 is 6.61 Å². The van der Waals surface area contributed by atoms with Gasteiger partial charge >= 0.3 is 6.61 Å². The van der Waals surface area contributed by atoms with Gasteiger partial charge in [-0.3, -0.25) is 4.68 Å². The van der Waals surface area contributed by atoms with Crippen LogP contribution >= 0.6 is 0 Å². The minimum absolute atomic E-state index is 0.00463. The number of rotatable bonds is 2. The van der Waals surface area contributed by atoms with Crippen LogP contribution in [0.2, 0.25) is 0 Å². The van der Waals surface area contributed by atoms with Gasteiger partial charge in [0, 0.05) is 18.3 Å². The van der Waals surface area contributed by atoms with Crippen molar-refractivity contribution in [2.45, 2.75) is 20.5 Å². The fourth-order valence-electron chi connectivity index (χ4n) is 0.880. The van der Waals surface area contributed by atoms with E-state index in [1.165, 1.54) is 4.68 Å². The largest absolute Gasteiger partial charge is 0.415 e. The summed E-state index contributed by atoms with van der Waals surface area (Å²) in [7, 11) is 1.68. The summed E-state index contributed by atoms with van der Waals surface area (Å²) in [6, 6.07) is 0. The van der Waals surface area contributed by atoms with Crippen molar-refractivity contribution in [1.82, 2.24) is 9.78 Å². The Bertz CT molecular complexity index is 283. The molecule has 12 heavy (non-hydrogen) atoms. The third-order valence-corrected chi connectivity index (χ3v) is 1.79. The molecule has 0 aliphatic heterocycles. The first-order chi connectivity index (χ1) is 5.52. The molecule has 1 aromatic rings. The number of ether oxygens (including phenoxy) is 1. The van der Waals surface area contributed by atoms with E-state index in [1.54, 1.807) is 20.9 Å². The predicted octanol–water partition coefficient (Wildman–Crippen LogP) is 1.64. The number of aromatic nitrogens is 2. The Kier molecular flexibility index (Phi) is 2.30. The summed E-state index contributed by atoms with van der Waals surface area (Å²) in [6.45, 7) is 0.679. The average molecular weight is 176 g/mol. The zero-order chi connectivity index (χ0) is 9.30. The second kappa shape index (κ2) is 3.08. The molecule has 5 heteroatoms. The van der Waals surface area contributed by atoms with Crippen molar-refractivity contribution in [3.63, 3.8) is 0 Å². The summed E-state index contributed by atoms with van der Waals surface area (Å²) in [5.41, 5.74) is 1.48. The normalized spacial score (nSPS) is 10.8. The van der Waals surface area contributed by atoms with E-state index in [1.807, 2.05) is 0 Å². The number of hydrogen-bond donors (Lipinski definition) is 0. The van der Waals surface area contributed by atoms with Gasteiger partial charge in [0.1, 0.15) is 0 Å². The maximum Gasteiger partial charge on any atom is 0.388 e. The second-order valence-corrected chi connectivity index (χ2v) is 2.52. The summed E-state index contributed by atoms with van der Waals surface area (Å²) in [6.07, 6.45) is 0. The molecule has 68 valence electrons. The molecule has 0 saturated heterocycles. The Morgan fingerprint density at radius 3 is 2.33 bits per heavy atom. The van der Waals surface area contributed by atoms with Gasteiger partial charge in [0.15, 0.2) is 0 Å². The Balaban J connectivity index is 2.93. The van der Waals surface area contributed by atoms with E-state index in [2.05, 4.69) is 9.84 Å². The van der Waals surface area contributed by atoms with Crippen molar-refractivity contribution in [3.8, 4) is 5.88 Å². The molecule has 0 amide bonds. The van der Waals surface area contributed by atoms with Crippen molar-refractivity contribution in [2.75, 3.05) is 0 Å². The number of nitrogens with zero attached hydrogens (tertiary/aromatic N) is 2. The number of halogens is 2. The van der Waals surface area contributed by atoms with Crippen molar-refractivity contribution in [3.05, 3.63) is 11.3 Å². The number of alkyl halides is 2. The van der Waals surface area contributed by atoms with Gasteiger partial charge in [-0.25, -0.2) is 0 Å². The monoisotopic (exact) mass is 176 g/mol. The fourth-order valence-corrected chi connectivity index (χ4v) is 0.880. The highest BCUT2D eigenvalue weighted by molar-refractivity contribution is 5.28. The molecular weight excluding hydrogens is 166 g/mol. The summed E-state index contributed by atoms with van der Waals surface area (Å²) in [5, 5.41) is 3.76. The van der Waals surface area contributed by atoms with Crippen LogP contribution in [-0.2, 0) is 7.05 Å². The van der Waals surface area contributed by atoms with Crippen LogP contribution in [0, 0.1) is 13.8 Å². The van der Waals surface area contributed by atoms with Gasteiger partial charge < -0.3 is 4.74 Å². The maximum atomic E-state index is 11.8. The van der Waals surface area contributed by atoms with Gasteiger partial charge in [0.2, 0.25) is 5.88 Å². The van der Waals surface area contributed by atoms with Crippen LogP contribution in [0.15, 0.2) is 0 Å². The third-order valence-electron chi connectivity index (χ3n) is 1.79. The van der Waals surface area contributed by atoms with Crippen molar-refractivity contribution in [2.24, 2.45) is 7.05 Å². The summed E-state index contributed by atoms with van der Waals surface area (Å²) < 4.78 is 29.2. The first kappa shape index (κ1) is 8.96. The molecule has 0 aromatic carbocycles. The summed E-state index contributed by atoms with van der Waals surface area (Å²) in [4.78, 5) is 0. The lowest BCUT2D eigenvalue weighted by atomic mass is 10.3. The molecule has 0 N–H and O–H groups in total. The van der Waals surface area contributed by atoms with Gasteiger partial charge in [-0.05, 0) is 13.8 Å². The van der Waals surface area contributed by atoms with Gasteiger partial charge in [0.05, 0.1) is 0 Å². The van der Waals surface area contributed by atoms with Gasteiger partial charge in [-0.1, -0.05) is 0 Å². The highest BCUT2D eigenvalue weighted by atomic mass is 19.3.